The van der Waals surface area contributed by atoms with Crippen molar-refractivity contribution in [3.8, 4) is 17.1 Å². The lowest BCUT2D eigenvalue weighted by atomic mass is 10.2. The number of nitrogens with zero attached hydrogens (tertiary/aromatic N) is 6. The normalized spacial score (nSPS) is 10.9. The molecule has 2 heterocycles. The molecule has 0 radical (unpaired) electrons. The average Bonchev–Trinajstić information content (AvgIpc) is 3.37. The van der Waals surface area contributed by atoms with Gasteiger partial charge >= 0.3 is 0 Å². The highest BCUT2D eigenvalue weighted by molar-refractivity contribution is 7.99. The molecule has 2 aromatic carbocycles. The van der Waals surface area contributed by atoms with E-state index in [0.29, 0.717) is 43.0 Å². The lowest BCUT2D eigenvalue weighted by Crippen LogP contribution is -2.17. The molecule has 4 rings (SSSR count). The SMILES string of the molecule is Nn1c(SCC(=O)Nc2cc(Cl)ccc2-n2cncn2)nnc1-c1ccc(Cl)cc1Cl. The number of anilines is 1. The van der Waals surface area contributed by atoms with Gasteiger partial charge < -0.3 is 11.2 Å². The zero-order valence-electron chi connectivity index (χ0n) is 15.5. The van der Waals surface area contributed by atoms with Crippen molar-refractivity contribution in [2.24, 2.45) is 0 Å². The number of hydrogen-bond donors (Lipinski definition) is 2. The summed E-state index contributed by atoms with van der Waals surface area (Å²) in [5.41, 5.74) is 1.70. The van der Waals surface area contributed by atoms with E-state index in [2.05, 4.69) is 25.6 Å². The zero-order chi connectivity index (χ0) is 22.0. The van der Waals surface area contributed by atoms with Crippen LogP contribution in [0.4, 0.5) is 5.69 Å². The molecule has 0 aliphatic rings. The molecule has 13 heteroatoms. The van der Waals surface area contributed by atoms with Gasteiger partial charge in [0.15, 0.2) is 5.82 Å². The van der Waals surface area contributed by atoms with Crippen LogP contribution < -0.4 is 11.2 Å². The summed E-state index contributed by atoms with van der Waals surface area (Å²) in [7, 11) is 0. The summed E-state index contributed by atoms with van der Waals surface area (Å²) in [6, 6.07) is 10.0. The molecule has 3 N–H and O–H groups in total. The van der Waals surface area contributed by atoms with Crippen molar-refractivity contribution < 1.29 is 4.79 Å². The molecule has 9 nitrogen and oxygen atoms in total. The summed E-state index contributed by atoms with van der Waals surface area (Å²) in [4.78, 5) is 16.5. The molecule has 4 aromatic rings. The third-order valence-electron chi connectivity index (χ3n) is 4.07. The molecule has 31 heavy (non-hydrogen) atoms. The molecule has 0 aliphatic carbocycles. The fourth-order valence-corrected chi connectivity index (χ4v) is 4.01. The number of aromatic nitrogens is 6. The minimum Gasteiger partial charge on any atom is -0.335 e. The minimum absolute atomic E-state index is 0.0347. The Morgan fingerprint density at radius 1 is 1.10 bits per heavy atom. The molecule has 158 valence electrons. The number of benzene rings is 2. The predicted molar refractivity (Wildman–Crippen MR) is 121 cm³/mol. The summed E-state index contributed by atoms with van der Waals surface area (Å²) in [6.45, 7) is 0. The number of carbonyl (C=O) groups excluding carboxylic acids is 1. The van der Waals surface area contributed by atoms with Gasteiger partial charge in [-0.2, -0.15) is 5.10 Å². The van der Waals surface area contributed by atoms with E-state index in [1.165, 1.54) is 22.0 Å². The van der Waals surface area contributed by atoms with Gasteiger partial charge in [-0.25, -0.2) is 14.3 Å². The van der Waals surface area contributed by atoms with Gasteiger partial charge in [0.25, 0.3) is 0 Å². The van der Waals surface area contributed by atoms with E-state index in [4.69, 9.17) is 40.6 Å². The Morgan fingerprint density at radius 2 is 1.87 bits per heavy atom. The Labute approximate surface area is 195 Å². The topological polar surface area (TPSA) is 117 Å². The van der Waals surface area contributed by atoms with Crippen LogP contribution in [0.2, 0.25) is 15.1 Å². The first-order chi connectivity index (χ1) is 14.9. The quantitative estimate of drug-likeness (QED) is 0.307. The first-order valence-electron chi connectivity index (χ1n) is 8.65. The van der Waals surface area contributed by atoms with Crippen LogP contribution in [0.25, 0.3) is 17.1 Å². The molecule has 0 saturated carbocycles. The molecule has 0 bridgehead atoms. The van der Waals surface area contributed by atoms with E-state index < -0.39 is 0 Å². The number of nitrogen functional groups attached to an aromatic ring is 1. The van der Waals surface area contributed by atoms with E-state index in [1.54, 1.807) is 36.4 Å². The second kappa shape index (κ2) is 9.15. The number of rotatable bonds is 6. The molecular formula is C18H13Cl3N8OS. The van der Waals surface area contributed by atoms with Crippen molar-refractivity contribution in [1.82, 2.24) is 29.6 Å². The second-order valence-corrected chi connectivity index (χ2v) is 8.36. The molecule has 0 unspecified atom stereocenters. The summed E-state index contributed by atoms with van der Waals surface area (Å²) in [6.07, 6.45) is 2.92. The Morgan fingerprint density at radius 3 is 2.61 bits per heavy atom. The van der Waals surface area contributed by atoms with Crippen molar-refractivity contribution in [2.75, 3.05) is 16.9 Å². The van der Waals surface area contributed by atoms with Crippen LogP contribution in [-0.4, -0.2) is 41.3 Å². The summed E-state index contributed by atoms with van der Waals surface area (Å²) >= 11 is 19.4. The standard InChI is InChI=1S/C18H13Cl3N8OS/c19-10-1-3-12(13(21)5-10)17-26-27-18(29(17)22)31-7-16(30)25-14-6-11(20)2-4-15(14)28-9-23-8-24-28/h1-6,8-9H,7,22H2,(H,25,30). The van der Waals surface area contributed by atoms with Gasteiger partial charge in [-0.3, -0.25) is 4.79 Å². The molecule has 0 saturated heterocycles. The van der Waals surface area contributed by atoms with Crippen molar-refractivity contribution in [1.29, 1.82) is 0 Å². The number of carbonyl (C=O) groups is 1. The molecule has 1 amide bonds. The molecule has 0 atom stereocenters. The highest BCUT2D eigenvalue weighted by Gasteiger charge is 2.17. The van der Waals surface area contributed by atoms with Gasteiger partial charge in [0, 0.05) is 15.6 Å². The fraction of sp³-hybridized carbons (Fsp3) is 0.0556. The van der Waals surface area contributed by atoms with E-state index >= 15 is 0 Å². The maximum atomic E-state index is 12.5. The van der Waals surface area contributed by atoms with Gasteiger partial charge in [0.2, 0.25) is 11.1 Å². The van der Waals surface area contributed by atoms with Crippen LogP contribution in [0.1, 0.15) is 0 Å². The smallest absolute Gasteiger partial charge is 0.234 e. The largest absolute Gasteiger partial charge is 0.335 e. The van der Waals surface area contributed by atoms with Gasteiger partial charge in [-0.1, -0.05) is 46.6 Å². The van der Waals surface area contributed by atoms with Gasteiger partial charge in [-0.05, 0) is 36.4 Å². The maximum Gasteiger partial charge on any atom is 0.234 e. The van der Waals surface area contributed by atoms with E-state index in [0.717, 1.165) is 11.8 Å². The van der Waals surface area contributed by atoms with Gasteiger partial charge in [0.1, 0.15) is 12.7 Å². The highest BCUT2D eigenvalue weighted by atomic mass is 35.5. The van der Waals surface area contributed by atoms with Crippen LogP contribution in [0.5, 0.6) is 0 Å². The van der Waals surface area contributed by atoms with E-state index in [1.807, 2.05) is 0 Å². The highest BCUT2D eigenvalue weighted by Crippen LogP contribution is 2.30. The number of hydrogen-bond acceptors (Lipinski definition) is 7. The Balaban J connectivity index is 1.47. The number of nitrogens with two attached hydrogens (primary N) is 1. The summed E-state index contributed by atoms with van der Waals surface area (Å²) in [5.74, 6) is 6.20. The average molecular weight is 496 g/mol. The zero-order valence-corrected chi connectivity index (χ0v) is 18.6. The van der Waals surface area contributed by atoms with Crippen molar-refractivity contribution in [3.63, 3.8) is 0 Å². The predicted octanol–water partition coefficient (Wildman–Crippen LogP) is 3.93. The second-order valence-electron chi connectivity index (χ2n) is 6.14. The number of thioether (sulfide) groups is 1. The fourth-order valence-electron chi connectivity index (χ4n) is 2.69. The molecule has 0 spiro atoms. The summed E-state index contributed by atoms with van der Waals surface area (Å²) in [5, 5.41) is 16.7. The van der Waals surface area contributed by atoms with Crippen LogP contribution in [0, 0.1) is 0 Å². The number of halogens is 3. The Bertz CT molecular complexity index is 1240. The lowest BCUT2D eigenvalue weighted by Gasteiger charge is -2.11. The van der Waals surface area contributed by atoms with Crippen LogP contribution >= 0.6 is 46.6 Å². The molecule has 0 fully saturated rings. The van der Waals surface area contributed by atoms with E-state index in [9.17, 15) is 4.79 Å². The van der Waals surface area contributed by atoms with Crippen molar-refractivity contribution in [3.05, 3.63) is 64.1 Å². The third-order valence-corrected chi connectivity index (χ3v) is 5.79. The van der Waals surface area contributed by atoms with Gasteiger partial charge in [0.05, 0.1) is 22.2 Å². The lowest BCUT2D eigenvalue weighted by molar-refractivity contribution is -0.113. The van der Waals surface area contributed by atoms with Crippen molar-refractivity contribution >= 4 is 58.2 Å². The van der Waals surface area contributed by atoms with Crippen LogP contribution in [-0.2, 0) is 4.79 Å². The molecular weight excluding hydrogens is 483 g/mol. The first kappa shape index (κ1) is 21.4. The van der Waals surface area contributed by atoms with Crippen molar-refractivity contribution in [2.45, 2.75) is 5.16 Å². The maximum absolute atomic E-state index is 12.5. The number of nitrogens with one attached hydrogen (secondary N) is 1. The third kappa shape index (κ3) is 4.77. The molecule has 0 aliphatic heterocycles. The number of amides is 1. The van der Waals surface area contributed by atoms with Gasteiger partial charge in [-0.15, -0.1) is 10.2 Å². The van der Waals surface area contributed by atoms with Crippen LogP contribution in [0.15, 0.2) is 54.2 Å². The van der Waals surface area contributed by atoms with E-state index in [-0.39, 0.29) is 11.7 Å². The minimum atomic E-state index is -0.289. The summed E-state index contributed by atoms with van der Waals surface area (Å²) < 4.78 is 2.80. The van der Waals surface area contributed by atoms with Crippen LogP contribution in [0.3, 0.4) is 0 Å². The monoisotopic (exact) mass is 494 g/mol. The first-order valence-corrected chi connectivity index (χ1v) is 10.8. The molecule has 2 aromatic heterocycles. The Hall–Kier alpha value is -2.79. The Kier molecular flexibility index (Phi) is 6.33.